The van der Waals surface area contributed by atoms with Crippen LogP contribution in [0.25, 0.3) is 0 Å². The molecule has 21 heavy (non-hydrogen) atoms. The molecule has 1 aromatic carbocycles. The fraction of sp³-hybridized carbons (Fsp3) is 0.562. The standard InChI is InChI=1S/C16H21NO3S/c1-11-2-4-12(5-3-11)15(13-6-7-13)17-16(18)14-8-9-21(19,20)10-14/h2-5,13-15H,6-10H2,1H3,(H,17,18)/t14-,15-/m1/s1. The van der Waals surface area contributed by atoms with Gasteiger partial charge >= 0.3 is 0 Å². The monoisotopic (exact) mass is 307 g/mol. The summed E-state index contributed by atoms with van der Waals surface area (Å²) in [6, 6.07) is 8.25. The third-order valence-corrected chi connectivity index (χ3v) is 6.20. The number of carbonyl (C=O) groups is 1. The van der Waals surface area contributed by atoms with Gasteiger partial charge in [0.1, 0.15) is 0 Å². The largest absolute Gasteiger partial charge is 0.349 e. The molecule has 1 aliphatic heterocycles. The first-order valence-corrected chi connectivity index (χ1v) is 9.34. The minimum atomic E-state index is -3.01. The molecule has 1 saturated heterocycles. The van der Waals surface area contributed by atoms with E-state index in [1.54, 1.807) is 0 Å². The molecule has 0 aromatic heterocycles. The second-order valence-corrected chi connectivity index (χ2v) is 8.56. The van der Waals surface area contributed by atoms with E-state index in [0.29, 0.717) is 12.3 Å². The van der Waals surface area contributed by atoms with Crippen LogP contribution in [0.4, 0.5) is 0 Å². The molecule has 1 aromatic rings. The second kappa shape index (κ2) is 5.44. The van der Waals surface area contributed by atoms with Crippen LogP contribution in [0.3, 0.4) is 0 Å². The molecule has 1 amide bonds. The summed E-state index contributed by atoms with van der Waals surface area (Å²) in [5.74, 6) is 0.165. The predicted molar refractivity (Wildman–Crippen MR) is 81.5 cm³/mol. The molecule has 114 valence electrons. The van der Waals surface area contributed by atoms with Crippen molar-refractivity contribution in [3.8, 4) is 0 Å². The second-order valence-electron chi connectivity index (χ2n) is 6.33. The average molecular weight is 307 g/mol. The van der Waals surface area contributed by atoms with Gasteiger partial charge < -0.3 is 5.32 Å². The molecule has 0 unspecified atom stereocenters. The molecule has 5 heteroatoms. The first kappa shape index (κ1) is 14.6. The van der Waals surface area contributed by atoms with Crippen molar-refractivity contribution in [2.45, 2.75) is 32.2 Å². The van der Waals surface area contributed by atoms with E-state index in [2.05, 4.69) is 29.6 Å². The van der Waals surface area contributed by atoms with E-state index in [9.17, 15) is 13.2 Å². The van der Waals surface area contributed by atoms with Gasteiger partial charge in [0, 0.05) is 0 Å². The predicted octanol–water partition coefficient (Wildman–Crippen LogP) is 2.00. The highest BCUT2D eigenvalue weighted by Crippen LogP contribution is 2.41. The van der Waals surface area contributed by atoms with E-state index in [1.165, 1.54) is 5.56 Å². The Balaban J connectivity index is 1.71. The van der Waals surface area contributed by atoms with Crippen molar-refractivity contribution in [2.24, 2.45) is 11.8 Å². The fourth-order valence-corrected chi connectivity index (χ4v) is 4.69. The summed E-state index contributed by atoms with van der Waals surface area (Å²) in [7, 11) is -3.01. The summed E-state index contributed by atoms with van der Waals surface area (Å²) < 4.78 is 23.0. The Morgan fingerprint density at radius 1 is 1.19 bits per heavy atom. The molecule has 0 spiro atoms. The summed E-state index contributed by atoms with van der Waals surface area (Å²) in [6.45, 7) is 2.04. The van der Waals surface area contributed by atoms with Gasteiger partial charge in [0.15, 0.2) is 9.84 Å². The third kappa shape index (κ3) is 3.46. The fourth-order valence-electron chi connectivity index (χ4n) is 2.95. The maximum absolute atomic E-state index is 12.3. The average Bonchev–Trinajstić information content (AvgIpc) is 3.20. The van der Waals surface area contributed by atoms with Crippen LogP contribution < -0.4 is 5.32 Å². The van der Waals surface area contributed by atoms with E-state index in [4.69, 9.17) is 0 Å². The molecule has 1 N–H and O–H groups in total. The summed E-state index contributed by atoms with van der Waals surface area (Å²) in [5.41, 5.74) is 2.32. The summed E-state index contributed by atoms with van der Waals surface area (Å²) >= 11 is 0. The molecule has 1 saturated carbocycles. The van der Waals surface area contributed by atoms with Crippen molar-refractivity contribution in [3.05, 3.63) is 35.4 Å². The number of aryl methyl sites for hydroxylation is 1. The molecule has 2 aliphatic rings. The molecular weight excluding hydrogens is 286 g/mol. The Morgan fingerprint density at radius 3 is 2.38 bits per heavy atom. The van der Waals surface area contributed by atoms with Gasteiger partial charge in [-0.3, -0.25) is 4.79 Å². The first-order valence-electron chi connectivity index (χ1n) is 7.52. The zero-order valence-corrected chi connectivity index (χ0v) is 13.0. The van der Waals surface area contributed by atoms with Gasteiger partial charge in [-0.15, -0.1) is 0 Å². The Hall–Kier alpha value is -1.36. The molecule has 1 heterocycles. The Bertz CT molecular complexity index is 632. The van der Waals surface area contributed by atoms with Crippen LogP contribution in [-0.2, 0) is 14.6 Å². The topological polar surface area (TPSA) is 63.2 Å². The Morgan fingerprint density at radius 2 is 1.86 bits per heavy atom. The number of sulfone groups is 1. The molecular formula is C16H21NO3S. The number of carbonyl (C=O) groups excluding carboxylic acids is 1. The van der Waals surface area contributed by atoms with Gasteiger partial charge in [0.05, 0.1) is 23.5 Å². The third-order valence-electron chi connectivity index (χ3n) is 4.43. The van der Waals surface area contributed by atoms with Crippen molar-refractivity contribution in [1.82, 2.24) is 5.32 Å². The van der Waals surface area contributed by atoms with Crippen LogP contribution in [0.5, 0.6) is 0 Å². The van der Waals surface area contributed by atoms with E-state index in [1.807, 2.05) is 6.92 Å². The Labute approximate surface area is 125 Å². The number of benzene rings is 1. The zero-order chi connectivity index (χ0) is 15.0. The molecule has 2 atom stereocenters. The van der Waals surface area contributed by atoms with E-state index < -0.39 is 9.84 Å². The maximum Gasteiger partial charge on any atom is 0.224 e. The minimum Gasteiger partial charge on any atom is -0.349 e. The van der Waals surface area contributed by atoms with Gasteiger partial charge in [-0.05, 0) is 37.7 Å². The molecule has 0 radical (unpaired) electrons. The van der Waals surface area contributed by atoms with Gasteiger partial charge in [0.2, 0.25) is 5.91 Å². The minimum absolute atomic E-state index is 0.00409. The number of rotatable bonds is 4. The normalized spacial score (nSPS) is 25.5. The lowest BCUT2D eigenvalue weighted by Gasteiger charge is -2.21. The maximum atomic E-state index is 12.3. The quantitative estimate of drug-likeness (QED) is 0.925. The lowest BCUT2D eigenvalue weighted by Crippen LogP contribution is -2.35. The summed E-state index contributed by atoms with van der Waals surface area (Å²) in [4.78, 5) is 12.3. The number of hydrogen-bond acceptors (Lipinski definition) is 3. The molecule has 2 fully saturated rings. The van der Waals surface area contributed by atoms with Crippen LogP contribution in [0.15, 0.2) is 24.3 Å². The van der Waals surface area contributed by atoms with Crippen LogP contribution in [0.1, 0.15) is 36.4 Å². The van der Waals surface area contributed by atoms with Gasteiger partial charge in [-0.1, -0.05) is 29.8 Å². The van der Waals surface area contributed by atoms with Gasteiger partial charge in [-0.25, -0.2) is 8.42 Å². The number of amides is 1. The number of nitrogens with one attached hydrogen (secondary N) is 1. The van der Waals surface area contributed by atoms with E-state index in [0.717, 1.165) is 18.4 Å². The van der Waals surface area contributed by atoms with Gasteiger partial charge in [-0.2, -0.15) is 0 Å². The van der Waals surface area contributed by atoms with Crippen LogP contribution in [0, 0.1) is 18.8 Å². The highest BCUT2D eigenvalue weighted by molar-refractivity contribution is 7.91. The Kier molecular flexibility index (Phi) is 3.78. The van der Waals surface area contributed by atoms with Crippen molar-refractivity contribution in [2.75, 3.05) is 11.5 Å². The van der Waals surface area contributed by atoms with Crippen molar-refractivity contribution in [3.63, 3.8) is 0 Å². The molecule has 1 aliphatic carbocycles. The van der Waals surface area contributed by atoms with Crippen LogP contribution in [-0.4, -0.2) is 25.8 Å². The summed E-state index contributed by atoms with van der Waals surface area (Å²) in [5, 5.41) is 3.09. The van der Waals surface area contributed by atoms with Gasteiger partial charge in [0.25, 0.3) is 0 Å². The smallest absolute Gasteiger partial charge is 0.224 e. The SMILES string of the molecule is Cc1ccc([C@@H](NC(=O)[C@@H]2CCS(=O)(=O)C2)C2CC2)cc1. The van der Waals surface area contributed by atoms with Crippen molar-refractivity contribution in [1.29, 1.82) is 0 Å². The van der Waals surface area contributed by atoms with E-state index in [-0.39, 0.29) is 29.4 Å². The number of hydrogen-bond donors (Lipinski definition) is 1. The van der Waals surface area contributed by atoms with E-state index >= 15 is 0 Å². The van der Waals surface area contributed by atoms with Crippen LogP contribution >= 0.6 is 0 Å². The molecule has 0 bridgehead atoms. The zero-order valence-electron chi connectivity index (χ0n) is 12.2. The molecule has 3 rings (SSSR count). The van der Waals surface area contributed by atoms with Crippen molar-refractivity contribution >= 4 is 15.7 Å². The lowest BCUT2D eigenvalue weighted by molar-refractivity contribution is -0.125. The van der Waals surface area contributed by atoms with Crippen LogP contribution in [0.2, 0.25) is 0 Å². The molecule has 4 nitrogen and oxygen atoms in total. The lowest BCUT2D eigenvalue weighted by atomic mass is 9.99. The first-order chi connectivity index (χ1) is 9.94. The highest BCUT2D eigenvalue weighted by Gasteiger charge is 2.37. The summed E-state index contributed by atoms with van der Waals surface area (Å²) in [6.07, 6.45) is 2.71. The van der Waals surface area contributed by atoms with Crippen molar-refractivity contribution < 1.29 is 13.2 Å². The highest BCUT2D eigenvalue weighted by atomic mass is 32.2.